The van der Waals surface area contributed by atoms with Crippen LogP contribution >= 0.6 is 11.3 Å². The molecular formula is C11H16N4O2S. The van der Waals surface area contributed by atoms with Gasteiger partial charge in [0, 0.05) is 13.1 Å². The molecule has 1 saturated heterocycles. The Hall–Kier alpha value is -1.63. The van der Waals surface area contributed by atoms with Gasteiger partial charge < -0.3 is 16.0 Å². The van der Waals surface area contributed by atoms with Crippen molar-refractivity contribution in [1.29, 1.82) is 0 Å². The van der Waals surface area contributed by atoms with Gasteiger partial charge in [0.15, 0.2) is 5.13 Å². The Morgan fingerprint density at radius 3 is 2.94 bits per heavy atom. The first-order valence-electron chi connectivity index (χ1n) is 5.86. The average molecular weight is 268 g/mol. The number of carbonyl (C=O) groups is 2. The maximum absolute atomic E-state index is 12.4. The van der Waals surface area contributed by atoms with Crippen molar-refractivity contribution in [3.8, 4) is 0 Å². The van der Waals surface area contributed by atoms with Gasteiger partial charge >= 0.3 is 0 Å². The molecule has 7 heteroatoms. The standard InChI is InChI=1S/C11H16N4O2S/c1-3-7-9(16)13-4-5-15(7)10(17)8-6(2)14-11(12)18-8/h7H,3-5H2,1-2H3,(H2,12,14)(H,13,16). The SMILES string of the molecule is CCC1C(=O)NCCN1C(=O)c1sc(N)nc1C. The number of aromatic nitrogens is 1. The highest BCUT2D eigenvalue weighted by Crippen LogP contribution is 2.23. The second-order valence-electron chi connectivity index (χ2n) is 4.18. The number of rotatable bonds is 2. The summed E-state index contributed by atoms with van der Waals surface area (Å²) >= 11 is 1.17. The van der Waals surface area contributed by atoms with Gasteiger partial charge in [-0.2, -0.15) is 0 Å². The molecule has 1 unspecified atom stereocenters. The van der Waals surface area contributed by atoms with Crippen LogP contribution in [0.3, 0.4) is 0 Å². The number of piperazine rings is 1. The van der Waals surface area contributed by atoms with Crippen LogP contribution < -0.4 is 11.1 Å². The number of nitrogens with one attached hydrogen (secondary N) is 1. The van der Waals surface area contributed by atoms with Crippen LogP contribution in [-0.4, -0.2) is 40.8 Å². The fraction of sp³-hybridized carbons (Fsp3) is 0.545. The van der Waals surface area contributed by atoms with Crippen molar-refractivity contribution in [3.05, 3.63) is 10.6 Å². The van der Waals surface area contributed by atoms with Crippen molar-refractivity contribution in [3.63, 3.8) is 0 Å². The number of nitrogens with two attached hydrogens (primary N) is 1. The number of nitrogens with zero attached hydrogens (tertiary/aromatic N) is 2. The number of nitrogen functional groups attached to an aromatic ring is 1. The smallest absolute Gasteiger partial charge is 0.266 e. The molecule has 0 aliphatic carbocycles. The van der Waals surface area contributed by atoms with Crippen LogP contribution in [0, 0.1) is 6.92 Å². The summed E-state index contributed by atoms with van der Waals surface area (Å²) in [5, 5.41) is 3.15. The first kappa shape index (κ1) is 12.8. The van der Waals surface area contributed by atoms with Crippen LogP contribution in [0.5, 0.6) is 0 Å². The van der Waals surface area contributed by atoms with E-state index in [0.29, 0.717) is 35.2 Å². The third-order valence-electron chi connectivity index (χ3n) is 2.99. The van der Waals surface area contributed by atoms with Gasteiger partial charge in [-0.25, -0.2) is 4.98 Å². The minimum Gasteiger partial charge on any atom is -0.375 e. The Bertz CT molecular complexity index is 485. The topological polar surface area (TPSA) is 88.3 Å². The molecule has 0 saturated carbocycles. The van der Waals surface area contributed by atoms with E-state index in [4.69, 9.17) is 5.73 Å². The van der Waals surface area contributed by atoms with E-state index >= 15 is 0 Å². The van der Waals surface area contributed by atoms with Crippen LogP contribution in [0.2, 0.25) is 0 Å². The summed E-state index contributed by atoms with van der Waals surface area (Å²) in [6.07, 6.45) is 0.602. The summed E-state index contributed by atoms with van der Waals surface area (Å²) in [4.78, 5) is 30.3. The normalized spacial score (nSPS) is 19.8. The van der Waals surface area contributed by atoms with Crippen LogP contribution in [0.4, 0.5) is 5.13 Å². The number of anilines is 1. The summed E-state index contributed by atoms with van der Waals surface area (Å²) < 4.78 is 0. The maximum atomic E-state index is 12.4. The molecule has 3 N–H and O–H groups in total. The van der Waals surface area contributed by atoms with Crippen molar-refractivity contribution >= 4 is 28.3 Å². The summed E-state index contributed by atoms with van der Waals surface area (Å²) in [6, 6.07) is -0.394. The number of amides is 2. The van der Waals surface area contributed by atoms with Gasteiger partial charge in [-0.1, -0.05) is 18.3 Å². The second kappa shape index (κ2) is 4.93. The van der Waals surface area contributed by atoms with E-state index < -0.39 is 6.04 Å². The zero-order chi connectivity index (χ0) is 13.3. The molecular weight excluding hydrogens is 252 g/mol. The molecule has 1 aromatic heterocycles. The third kappa shape index (κ3) is 2.17. The Morgan fingerprint density at radius 2 is 2.39 bits per heavy atom. The monoisotopic (exact) mass is 268 g/mol. The van der Waals surface area contributed by atoms with E-state index in [2.05, 4.69) is 10.3 Å². The Labute approximate surface area is 109 Å². The summed E-state index contributed by atoms with van der Waals surface area (Å²) in [7, 11) is 0. The Balaban J connectivity index is 2.27. The largest absolute Gasteiger partial charge is 0.375 e. The molecule has 18 heavy (non-hydrogen) atoms. The molecule has 1 aromatic rings. The molecule has 0 spiro atoms. The van der Waals surface area contributed by atoms with E-state index in [-0.39, 0.29) is 11.8 Å². The number of hydrogen-bond acceptors (Lipinski definition) is 5. The molecule has 1 fully saturated rings. The molecule has 98 valence electrons. The quantitative estimate of drug-likeness (QED) is 0.812. The van der Waals surface area contributed by atoms with Gasteiger partial charge in [0.2, 0.25) is 5.91 Å². The van der Waals surface area contributed by atoms with E-state index in [1.165, 1.54) is 11.3 Å². The average Bonchev–Trinajstić information content (AvgIpc) is 2.67. The molecule has 1 aliphatic heterocycles. The third-order valence-corrected chi connectivity index (χ3v) is 3.96. The number of thiazole rings is 1. The predicted octanol–water partition coefficient (Wildman–Crippen LogP) is 0.384. The Kier molecular flexibility index (Phi) is 3.51. The summed E-state index contributed by atoms with van der Waals surface area (Å²) in [5.74, 6) is -0.240. The van der Waals surface area contributed by atoms with E-state index in [1.807, 2.05) is 6.92 Å². The first-order valence-corrected chi connectivity index (χ1v) is 6.67. The lowest BCUT2D eigenvalue weighted by molar-refractivity contribution is -0.127. The minimum absolute atomic E-state index is 0.0905. The molecule has 1 aliphatic rings. The van der Waals surface area contributed by atoms with Crippen molar-refractivity contribution in [2.45, 2.75) is 26.3 Å². The van der Waals surface area contributed by atoms with Crippen LogP contribution in [0.25, 0.3) is 0 Å². The van der Waals surface area contributed by atoms with E-state index in [1.54, 1.807) is 11.8 Å². The molecule has 6 nitrogen and oxygen atoms in total. The van der Waals surface area contributed by atoms with Crippen molar-refractivity contribution < 1.29 is 9.59 Å². The van der Waals surface area contributed by atoms with Crippen molar-refractivity contribution in [1.82, 2.24) is 15.2 Å². The molecule has 2 amide bonds. The second-order valence-corrected chi connectivity index (χ2v) is 5.21. The Morgan fingerprint density at radius 1 is 1.67 bits per heavy atom. The van der Waals surface area contributed by atoms with Gasteiger partial charge in [-0.3, -0.25) is 9.59 Å². The lowest BCUT2D eigenvalue weighted by atomic mass is 10.1. The van der Waals surface area contributed by atoms with E-state index in [0.717, 1.165) is 0 Å². The van der Waals surface area contributed by atoms with Gasteiger partial charge in [-0.05, 0) is 13.3 Å². The number of hydrogen-bond donors (Lipinski definition) is 2. The zero-order valence-electron chi connectivity index (χ0n) is 10.4. The molecule has 1 atom stereocenters. The lowest BCUT2D eigenvalue weighted by Gasteiger charge is -2.34. The van der Waals surface area contributed by atoms with Crippen molar-refractivity contribution in [2.75, 3.05) is 18.8 Å². The van der Waals surface area contributed by atoms with Crippen LogP contribution in [-0.2, 0) is 4.79 Å². The van der Waals surface area contributed by atoms with E-state index in [9.17, 15) is 9.59 Å². The summed E-state index contributed by atoms with van der Waals surface area (Å²) in [5.41, 5.74) is 6.23. The highest BCUT2D eigenvalue weighted by atomic mass is 32.1. The van der Waals surface area contributed by atoms with Gasteiger partial charge in [0.1, 0.15) is 10.9 Å². The molecule has 2 rings (SSSR count). The minimum atomic E-state index is -0.394. The first-order chi connectivity index (χ1) is 8.54. The number of aryl methyl sites for hydroxylation is 1. The highest BCUT2D eigenvalue weighted by molar-refractivity contribution is 7.17. The lowest BCUT2D eigenvalue weighted by Crippen LogP contribution is -2.56. The van der Waals surface area contributed by atoms with Crippen LogP contribution in [0.15, 0.2) is 0 Å². The molecule has 0 aromatic carbocycles. The van der Waals surface area contributed by atoms with Crippen molar-refractivity contribution in [2.24, 2.45) is 0 Å². The number of carbonyl (C=O) groups excluding carboxylic acids is 2. The zero-order valence-corrected chi connectivity index (χ0v) is 11.2. The maximum Gasteiger partial charge on any atom is 0.266 e. The summed E-state index contributed by atoms with van der Waals surface area (Å²) in [6.45, 7) is 4.67. The fourth-order valence-electron chi connectivity index (χ4n) is 2.11. The fourth-order valence-corrected chi connectivity index (χ4v) is 2.90. The van der Waals surface area contributed by atoms with Gasteiger partial charge in [0.05, 0.1) is 5.69 Å². The molecule has 0 radical (unpaired) electrons. The molecule has 2 heterocycles. The van der Waals surface area contributed by atoms with Gasteiger partial charge in [-0.15, -0.1) is 0 Å². The molecule has 0 bridgehead atoms. The van der Waals surface area contributed by atoms with Crippen LogP contribution in [0.1, 0.15) is 28.7 Å². The predicted molar refractivity (Wildman–Crippen MR) is 69.4 cm³/mol. The van der Waals surface area contributed by atoms with Gasteiger partial charge in [0.25, 0.3) is 5.91 Å². The highest BCUT2D eigenvalue weighted by Gasteiger charge is 2.33.